The molecule has 0 spiro atoms. The molecule has 0 aliphatic heterocycles. The van der Waals surface area contributed by atoms with Crippen LogP contribution < -0.4 is 0 Å². The van der Waals surface area contributed by atoms with E-state index in [9.17, 15) is 4.79 Å². The standard InChI is InChI=1S/C8H4BrClN4O2/c9-6-5(8(15)16)12-14(13-6)7-4(10)2-1-3-11-7/h1-3H,(H,15,16). The smallest absolute Gasteiger partial charge is 0.359 e. The molecule has 2 aromatic heterocycles. The maximum atomic E-state index is 10.8. The highest BCUT2D eigenvalue weighted by Gasteiger charge is 2.17. The van der Waals surface area contributed by atoms with Gasteiger partial charge in [0.15, 0.2) is 10.4 Å². The van der Waals surface area contributed by atoms with Gasteiger partial charge in [-0.25, -0.2) is 9.78 Å². The normalized spacial score (nSPS) is 10.4. The minimum absolute atomic E-state index is 0.127. The Morgan fingerprint density at radius 1 is 1.50 bits per heavy atom. The lowest BCUT2D eigenvalue weighted by molar-refractivity contribution is 0.0689. The van der Waals surface area contributed by atoms with Crippen molar-refractivity contribution in [3.8, 4) is 5.82 Å². The molecule has 0 atom stereocenters. The van der Waals surface area contributed by atoms with Crippen LogP contribution in [-0.2, 0) is 0 Å². The molecule has 82 valence electrons. The second-order valence-electron chi connectivity index (χ2n) is 2.74. The molecule has 0 saturated carbocycles. The van der Waals surface area contributed by atoms with Gasteiger partial charge in [0.25, 0.3) is 0 Å². The Morgan fingerprint density at radius 2 is 2.25 bits per heavy atom. The minimum atomic E-state index is -1.18. The molecule has 1 N–H and O–H groups in total. The Hall–Kier alpha value is -1.47. The van der Waals surface area contributed by atoms with Gasteiger partial charge in [-0.1, -0.05) is 11.6 Å². The van der Waals surface area contributed by atoms with Crippen LogP contribution in [0.3, 0.4) is 0 Å². The molecule has 2 heterocycles. The van der Waals surface area contributed by atoms with Crippen LogP contribution in [0, 0.1) is 0 Å². The summed E-state index contributed by atoms with van der Waals surface area (Å²) < 4.78 is 0.127. The molecule has 8 heteroatoms. The van der Waals surface area contributed by atoms with Crippen molar-refractivity contribution in [2.75, 3.05) is 0 Å². The van der Waals surface area contributed by atoms with Crippen LogP contribution in [0.15, 0.2) is 22.9 Å². The topological polar surface area (TPSA) is 80.9 Å². The molecule has 0 aromatic carbocycles. The zero-order valence-corrected chi connectivity index (χ0v) is 9.97. The van der Waals surface area contributed by atoms with Crippen molar-refractivity contribution < 1.29 is 9.90 Å². The molecule has 6 nitrogen and oxygen atoms in total. The lowest BCUT2D eigenvalue weighted by atomic mass is 10.5. The van der Waals surface area contributed by atoms with Crippen molar-refractivity contribution in [3.63, 3.8) is 0 Å². The number of halogens is 2. The summed E-state index contributed by atoms with van der Waals surface area (Å²) in [4.78, 5) is 15.8. The van der Waals surface area contributed by atoms with Gasteiger partial charge >= 0.3 is 5.97 Å². The fourth-order valence-corrected chi connectivity index (χ4v) is 1.64. The molecule has 0 amide bonds. The van der Waals surface area contributed by atoms with E-state index in [4.69, 9.17) is 16.7 Å². The quantitative estimate of drug-likeness (QED) is 0.914. The number of carboxylic acid groups (broad SMARTS) is 1. The second-order valence-corrected chi connectivity index (χ2v) is 3.90. The third-order valence-electron chi connectivity index (χ3n) is 1.70. The highest BCUT2D eigenvalue weighted by atomic mass is 79.9. The van der Waals surface area contributed by atoms with E-state index < -0.39 is 5.97 Å². The van der Waals surface area contributed by atoms with Gasteiger partial charge in [0.1, 0.15) is 0 Å². The van der Waals surface area contributed by atoms with E-state index in [0.29, 0.717) is 5.02 Å². The van der Waals surface area contributed by atoms with E-state index in [0.717, 1.165) is 4.80 Å². The number of aromatic carboxylic acids is 1. The Kier molecular flexibility index (Phi) is 2.88. The number of carboxylic acids is 1. The van der Waals surface area contributed by atoms with Crippen molar-refractivity contribution in [1.82, 2.24) is 20.0 Å². The van der Waals surface area contributed by atoms with Gasteiger partial charge in [0.05, 0.1) is 5.02 Å². The van der Waals surface area contributed by atoms with Crippen molar-refractivity contribution in [2.24, 2.45) is 0 Å². The predicted octanol–water partition coefficient (Wildman–Crippen LogP) is 1.78. The molecule has 16 heavy (non-hydrogen) atoms. The zero-order valence-electron chi connectivity index (χ0n) is 7.63. The molecule has 0 aliphatic carbocycles. The van der Waals surface area contributed by atoms with Crippen molar-refractivity contribution in [1.29, 1.82) is 0 Å². The van der Waals surface area contributed by atoms with Crippen LogP contribution >= 0.6 is 27.5 Å². The molecule has 0 saturated heterocycles. The molecule has 2 aromatic rings. The Morgan fingerprint density at radius 3 is 2.81 bits per heavy atom. The van der Waals surface area contributed by atoms with E-state index >= 15 is 0 Å². The summed E-state index contributed by atoms with van der Waals surface area (Å²) in [6.07, 6.45) is 1.51. The molecular formula is C8H4BrClN4O2. The molecule has 0 fully saturated rings. The largest absolute Gasteiger partial charge is 0.476 e. The molecule has 0 radical (unpaired) electrons. The fourth-order valence-electron chi connectivity index (χ4n) is 1.04. The monoisotopic (exact) mass is 302 g/mol. The van der Waals surface area contributed by atoms with E-state index in [1.54, 1.807) is 12.1 Å². The summed E-state index contributed by atoms with van der Waals surface area (Å²) in [7, 11) is 0. The third-order valence-corrected chi connectivity index (χ3v) is 2.53. The SMILES string of the molecule is O=C(O)c1nn(-c2ncccc2Cl)nc1Br. The zero-order chi connectivity index (χ0) is 11.7. The van der Waals surface area contributed by atoms with Crippen LogP contribution in [0.5, 0.6) is 0 Å². The van der Waals surface area contributed by atoms with E-state index in [1.807, 2.05) is 0 Å². The molecule has 0 unspecified atom stereocenters. The molecule has 0 aliphatic rings. The lowest BCUT2D eigenvalue weighted by Crippen LogP contribution is -2.04. The Labute approximate surface area is 103 Å². The second kappa shape index (κ2) is 4.18. The van der Waals surface area contributed by atoms with Gasteiger partial charge in [0, 0.05) is 6.20 Å². The van der Waals surface area contributed by atoms with Crippen LogP contribution in [-0.4, -0.2) is 31.1 Å². The highest BCUT2D eigenvalue weighted by molar-refractivity contribution is 9.10. The summed E-state index contributed by atoms with van der Waals surface area (Å²) >= 11 is 8.87. The highest BCUT2D eigenvalue weighted by Crippen LogP contribution is 2.18. The van der Waals surface area contributed by atoms with Gasteiger partial charge in [0.2, 0.25) is 5.69 Å². The Balaban J connectivity index is 2.54. The third kappa shape index (κ3) is 1.91. The maximum Gasteiger partial charge on any atom is 0.359 e. The first-order valence-corrected chi connectivity index (χ1v) is 5.23. The number of hydrogen-bond acceptors (Lipinski definition) is 4. The number of rotatable bonds is 2. The van der Waals surface area contributed by atoms with E-state index in [-0.39, 0.29) is 16.1 Å². The van der Waals surface area contributed by atoms with Gasteiger partial charge in [-0.05, 0) is 28.1 Å². The van der Waals surface area contributed by atoms with Crippen molar-refractivity contribution in [2.45, 2.75) is 0 Å². The first-order valence-electron chi connectivity index (χ1n) is 4.06. The van der Waals surface area contributed by atoms with Crippen molar-refractivity contribution in [3.05, 3.63) is 33.6 Å². The van der Waals surface area contributed by atoms with Crippen molar-refractivity contribution >= 4 is 33.5 Å². The average molecular weight is 304 g/mol. The summed E-state index contributed by atoms with van der Waals surface area (Å²) in [5.41, 5.74) is -0.193. The van der Waals surface area contributed by atoms with Crippen LogP contribution in [0.4, 0.5) is 0 Å². The first-order chi connectivity index (χ1) is 7.59. The minimum Gasteiger partial charge on any atom is -0.476 e. The van der Waals surface area contributed by atoms with Gasteiger partial charge in [-0.15, -0.1) is 15.0 Å². The predicted molar refractivity (Wildman–Crippen MR) is 58.8 cm³/mol. The number of aromatic nitrogens is 4. The van der Waals surface area contributed by atoms with Gasteiger partial charge in [-0.2, -0.15) is 0 Å². The molecule has 2 rings (SSSR count). The lowest BCUT2D eigenvalue weighted by Gasteiger charge is -1.98. The van der Waals surface area contributed by atoms with E-state index in [2.05, 4.69) is 31.1 Å². The van der Waals surface area contributed by atoms with Gasteiger partial charge in [-0.3, -0.25) is 0 Å². The summed E-state index contributed by atoms with van der Waals surface area (Å²) in [6.45, 7) is 0. The average Bonchev–Trinajstić information content (AvgIpc) is 2.61. The van der Waals surface area contributed by atoms with Gasteiger partial charge < -0.3 is 5.11 Å². The summed E-state index contributed by atoms with van der Waals surface area (Å²) in [5, 5.41) is 16.7. The van der Waals surface area contributed by atoms with Crippen LogP contribution in [0.2, 0.25) is 5.02 Å². The Bertz CT molecular complexity index is 557. The number of nitrogens with zero attached hydrogens (tertiary/aromatic N) is 4. The fraction of sp³-hybridized carbons (Fsp3) is 0. The van der Waals surface area contributed by atoms with E-state index in [1.165, 1.54) is 6.20 Å². The number of carbonyl (C=O) groups is 1. The first kappa shape index (κ1) is 11.0. The molecule has 0 bridgehead atoms. The summed E-state index contributed by atoms with van der Waals surface area (Å²) in [5.74, 6) is -0.900. The number of hydrogen-bond donors (Lipinski definition) is 1. The summed E-state index contributed by atoms with van der Waals surface area (Å²) in [6, 6.07) is 3.27. The number of pyridine rings is 1. The molecular weight excluding hydrogens is 299 g/mol. The van der Waals surface area contributed by atoms with Crippen LogP contribution in [0.25, 0.3) is 5.82 Å². The maximum absolute atomic E-state index is 10.8. The van der Waals surface area contributed by atoms with Crippen LogP contribution in [0.1, 0.15) is 10.5 Å².